The summed E-state index contributed by atoms with van der Waals surface area (Å²) in [6, 6.07) is 11.9. The summed E-state index contributed by atoms with van der Waals surface area (Å²) in [5, 5.41) is 33.5. The number of amides is 3. The zero-order chi connectivity index (χ0) is 54.8. The lowest BCUT2D eigenvalue weighted by Gasteiger charge is -2.47. The Hall–Kier alpha value is -5.76. The van der Waals surface area contributed by atoms with E-state index in [0.717, 1.165) is 86.5 Å². The molecule has 4 heterocycles. The van der Waals surface area contributed by atoms with Crippen molar-refractivity contribution in [3.63, 3.8) is 0 Å². The molecule has 3 fully saturated rings. The van der Waals surface area contributed by atoms with Gasteiger partial charge in [0.1, 0.15) is 29.5 Å². The molecule has 3 amide bonds. The summed E-state index contributed by atoms with van der Waals surface area (Å²) in [5.41, 5.74) is 2.67. The maximum Gasteiger partial charge on any atom is 0.490 e. The molecule has 0 radical (unpaired) electrons. The maximum atomic E-state index is 13.5. The predicted molar refractivity (Wildman–Crippen MR) is 262 cm³/mol. The molecular formula is C50H66F6N6O12S. The number of nitrogens with one attached hydrogen (secondary N) is 2. The molecule has 1 spiro atoms. The number of morpholine rings is 1. The lowest BCUT2D eigenvalue weighted by atomic mass is 9.89. The van der Waals surface area contributed by atoms with Crippen molar-refractivity contribution in [2.24, 2.45) is 0 Å². The summed E-state index contributed by atoms with van der Waals surface area (Å²) in [4.78, 5) is 67.3. The van der Waals surface area contributed by atoms with Gasteiger partial charge >= 0.3 is 24.3 Å². The number of carbonyl (C=O) groups is 5. The summed E-state index contributed by atoms with van der Waals surface area (Å²) in [5.74, 6) is -3.96. The quantitative estimate of drug-likeness (QED) is 0.0467. The van der Waals surface area contributed by atoms with Crippen LogP contribution in [0.2, 0.25) is 0 Å². The number of alkyl halides is 6. The van der Waals surface area contributed by atoms with E-state index in [-0.39, 0.29) is 41.7 Å². The van der Waals surface area contributed by atoms with E-state index >= 15 is 0 Å². The number of halogens is 6. The van der Waals surface area contributed by atoms with E-state index < -0.39 is 24.3 Å². The molecule has 416 valence electrons. The van der Waals surface area contributed by atoms with Crippen molar-refractivity contribution in [2.75, 3.05) is 90.7 Å². The molecule has 3 aliphatic heterocycles. The van der Waals surface area contributed by atoms with E-state index in [9.17, 15) is 45.8 Å². The molecule has 1 aliphatic carbocycles. The second kappa shape index (κ2) is 28.4. The van der Waals surface area contributed by atoms with Gasteiger partial charge in [0, 0.05) is 56.6 Å². The number of phenolic OH excluding ortho intramolecular Hbond substituents is 1. The molecule has 0 atom stereocenters. The van der Waals surface area contributed by atoms with Gasteiger partial charge in [0.05, 0.1) is 43.4 Å². The third-order valence-corrected chi connectivity index (χ3v) is 14.0. The first-order valence-corrected chi connectivity index (χ1v) is 25.7. The van der Waals surface area contributed by atoms with Crippen LogP contribution in [0.3, 0.4) is 0 Å². The number of phenols is 1. The highest BCUT2D eigenvalue weighted by Gasteiger charge is 2.42. The summed E-state index contributed by atoms with van der Waals surface area (Å²) < 4.78 is 87.5. The van der Waals surface area contributed by atoms with E-state index in [0.29, 0.717) is 95.0 Å². The van der Waals surface area contributed by atoms with Crippen LogP contribution in [0.5, 0.6) is 17.2 Å². The molecule has 7 rings (SSSR count). The van der Waals surface area contributed by atoms with Crippen LogP contribution >= 0.6 is 11.3 Å². The van der Waals surface area contributed by atoms with Crippen LogP contribution in [0.4, 0.5) is 32.0 Å². The lowest BCUT2D eigenvalue weighted by Crippen LogP contribution is -2.58. The molecule has 25 heteroatoms. The highest BCUT2D eigenvalue weighted by molar-refractivity contribution is 7.09. The number of aromatic hydroxyl groups is 1. The van der Waals surface area contributed by atoms with Gasteiger partial charge in [0.2, 0.25) is 5.91 Å². The van der Waals surface area contributed by atoms with Crippen molar-refractivity contribution >= 4 is 46.7 Å². The Morgan fingerprint density at radius 2 is 1.59 bits per heavy atom. The van der Waals surface area contributed by atoms with Crippen LogP contribution in [0.1, 0.15) is 97.8 Å². The molecule has 4 aliphatic rings. The van der Waals surface area contributed by atoms with Gasteiger partial charge in [-0.2, -0.15) is 26.3 Å². The molecule has 2 aromatic carbocycles. The van der Waals surface area contributed by atoms with Crippen molar-refractivity contribution < 1.29 is 84.6 Å². The van der Waals surface area contributed by atoms with Gasteiger partial charge in [-0.1, -0.05) is 51.3 Å². The minimum atomic E-state index is -5.08. The Kier molecular flexibility index (Phi) is 22.8. The molecule has 0 bridgehead atoms. The molecule has 1 saturated carbocycles. The number of anilines is 1. The highest BCUT2D eigenvalue weighted by atomic mass is 32.1. The molecule has 18 nitrogen and oxygen atoms in total. The fourth-order valence-corrected chi connectivity index (χ4v) is 9.63. The van der Waals surface area contributed by atoms with Gasteiger partial charge in [0.25, 0.3) is 11.8 Å². The number of hydrogen-bond acceptors (Lipinski definition) is 14. The minimum absolute atomic E-state index is 0.00633. The number of fused-ring (bicyclic) bond motifs is 1. The van der Waals surface area contributed by atoms with Gasteiger partial charge in [-0.15, -0.1) is 11.3 Å². The highest BCUT2D eigenvalue weighted by Crippen LogP contribution is 2.39. The van der Waals surface area contributed by atoms with E-state index in [2.05, 4.69) is 51.4 Å². The normalized spacial score (nSPS) is 16.9. The number of carbonyl (C=O) groups excluding carboxylic acids is 3. The van der Waals surface area contributed by atoms with Gasteiger partial charge in [-0.05, 0) is 74.4 Å². The van der Waals surface area contributed by atoms with Crippen molar-refractivity contribution in [2.45, 2.75) is 108 Å². The molecular weight excluding hydrogens is 1020 g/mol. The Morgan fingerprint density at radius 1 is 0.920 bits per heavy atom. The largest absolute Gasteiger partial charge is 0.506 e. The fourth-order valence-electron chi connectivity index (χ4n) is 8.82. The number of rotatable bonds is 19. The Bertz CT molecular complexity index is 2320. The third-order valence-electron chi connectivity index (χ3n) is 12.9. The molecule has 3 aromatic rings. The minimum Gasteiger partial charge on any atom is -0.506 e. The standard InChI is InChI=1S/C46H64N6O8S.2C2HF3O2/c1-33(2)44-48-38(31-61-44)45(56)51-25-29-60-46(32-51)17-21-50(22-18-46)24-28-58-37-11-8-34(9-12-37)15-26-57-27-16-41(55)52(36-6-4-3-5-7-36)23-20-47-19-14-35-10-13-39(53)42-43(35)59-30-40(54)49-42;2*3-2(4,5)1(6)7/h8-13,31,33,36,47,53H,3-7,14-30,32H2,1-2H3,(H,49,54);2*(H,6,7). The van der Waals surface area contributed by atoms with Crippen molar-refractivity contribution in [1.82, 2.24) is 25.0 Å². The summed E-state index contributed by atoms with van der Waals surface area (Å²) >= 11 is 1.56. The Labute approximate surface area is 434 Å². The number of nitrogens with zero attached hydrogens (tertiary/aromatic N) is 4. The second-order valence-electron chi connectivity index (χ2n) is 18.7. The van der Waals surface area contributed by atoms with Crippen LogP contribution in [-0.4, -0.2) is 174 Å². The first-order chi connectivity index (χ1) is 35.5. The maximum absolute atomic E-state index is 13.5. The van der Waals surface area contributed by atoms with Crippen LogP contribution in [0, 0.1) is 0 Å². The van der Waals surface area contributed by atoms with Crippen molar-refractivity contribution in [3.8, 4) is 17.2 Å². The summed E-state index contributed by atoms with van der Waals surface area (Å²) in [7, 11) is 0. The number of aromatic nitrogens is 1. The van der Waals surface area contributed by atoms with E-state index in [1.807, 2.05) is 28.5 Å². The predicted octanol–water partition coefficient (Wildman–Crippen LogP) is 6.90. The first kappa shape index (κ1) is 60.1. The number of ether oxygens (including phenoxy) is 4. The van der Waals surface area contributed by atoms with Crippen molar-refractivity contribution in [3.05, 3.63) is 63.6 Å². The number of piperidine rings is 1. The Balaban J connectivity index is 0.000000653. The zero-order valence-electron chi connectivity index (χ0n) is 41.9. The topological polar surface area (TPSA) is 230 Å². The SMILES string of the molecule is CC(C)c1nc(C(=O)N2CCOC3(CCN(CCOc4ccc(CCOCCC(=O)N(CCNCCc5ccc(O)c6c5OCC(=O)N6)C5CCCCC5)cc4)CC3)C2)cs1.O=C(O)C(F)(F)F.O=C(O)C(F)(F)F. The van der Waals surface area contributed by atoms with Gasteiger partial charge in [-0.25, -0.2) is 14.6 Å². The lowest BCUT2D eigenvalue weighted by molar-refractivity contribution is -0.193. The second-order valence-corrected chi connectivity index (χ2v) is 19.6. The van der Waals surface area contributed by atoms with Crippen LogP contribution in [0.15, 0.2) is 41.8 Å². The van der Waals surface area contributed by atoms with E-state index in [1.165, 1.54) is 6.42 Å². The summed E-state index contributed by atoms with van der Waals surface area (Å²) in [6.45, 7) is 12.1. The number of likely N-dealkylation sites (tertiary alicyclic amines) is 1. The van der Waals surface area contributed by atoms with Crippen molar-refractivity contribution in [1.29, 1.82) is 0 Å². The Morgan fingerprint density at radius 3 is 2.21 bits per heavy atom. The summed E-state index contributed by atoms with van der Waals surface area (Å²) in [6.07, 6.45) is -0.993. The number of carboxylic acids is 2. The molecule has 75 heavy (non-hydrogen) atoms. The molecule has 5 N–H and O–H groups in total. The van der Waals surface area contributed by atoms with E-state index in [4.69, 9.17) is 38.7 Å². The smallest absolute Gasteiger partial charge is 0.490 e. The average Bonchev–Trinajstić information content (AvgIpc) is 3.88. The number of aliphatic carboxylic acids is 2. The van der Waals surface area contributed by atoms with Gasteiger partial charge in [-0.3, -0.25) is 19.3 Å². The number of carboxylic acid groups (broad SMARTS) is 2. The zero-order valence-corrected chi connectivity index (χ0v) is 42.8. The number of thiazole rings is 1. The fraction of sp³-hybridized carbons (Fsp3) is 0.600. The van der Waals surface area contributed by atoms with E-state index in [1.54, 1.807) is 17.4 Å². The number of benzene rings is 2. The average molecular weight is 1090 g/mol. The van der Waals surface area contributed by atoms with Crippen LogP contribution < -0.4 is 20.1 Å². The van der Waals surface area contributed by atoms with Crippen LogP contribution in [-0.2, 0) is 41.5 Å². The van der Waals surface area contributed by atoms with Crippen LogP contribution in [0.25, 0.3) is 0 Å². The molecule has 2 saturated heterocycles. The molecule has 1 aromatic heterocycles. The first-order valence-electron chi connectivity index (χ1n) is 24.8. The molecule has 0 unspecified atom stereocenters. The van der Waals surface area contributed by atoms with Gasteiger partial charge in [0.15, 0.2) is 12.4 Å². The van der Waals surface area contributed by atoms with Gasteiger partial charge < -0.3 is 54.7 Å². The monoisotopic (exact) mass is 1090 g/mol. The third kappa shape index (κ3) is 19.1. The number of hydrogen-bond donors (Lipinski definition) is 5.